The van der Waals surface area contributed by atoms with E-state index < -0.39 is 0 Å². The fourth-order valence-electron chi connectivity index (χ4n) is 3.00. The van der Waals surface area contributed by atoms with Crippen molar-refractivity contribution >= 4 is 0 Å². The molecular formula is C15H32N2O. The van der Waals surface area contributed by atoms with E-state index in [0.717, 1.165) is 32.1 Å². The lowest BCUT2D eigenvalue weighted by Crippen LogP contribution is -2.55. The van der Waals surface area contributed by atoms with Crippen LogP contribution in [-0.2, 0) is 4.74 Å². The smallest absolute Gasteiger partial charge is 0.0757 e. The molecule has 3 nitrogen and oxygen atoms in total. The first-order valence-electron chi connectivity index (χ1n) is 7.51. The molecular weight excluding hydrogens is 224 g/mol. The second-order valence-electron chi connectivity index (χ2n) is 6.43. The predicted molar refractivity (Wildman–Crippen MR) is 78.0 cm³/mol. The standard InChI is InChI=1S/C15H32N2O/c1-7-12(3)14(16-8-2)10-17-9-13(4)18-15(5,6)11-17/h12-14,16H,7-11H2,1-6H3. The molecule has 1 N–H and O–H groups in total. The van der Waals surface area contributed by atoms with Crippen molar-refractivity contribution in [3.8, 4) is 0 Å². The molecule has 1 fully saturated rings. The molecule has 0 spiro atoms. The minimum absolute atomic E-state index is 0.0100. The lowest BCUT2D eigenvalue weighted by Gasteiger charge is -2.43. The van der Waals surface area contributed by atoms with Crippen LogP contribution in [0.4, 0.5) is 0 Å². The largest absolute Gasteiger partial charge is 0.370 e. The number of morpholine rings is 1. The van der Waals surface area contributed by atoms with Gasteiger partial charge in [-0.3, -0.25) is 4.90 Å². The van der Waals surface area contributed by atoms with Crippen LogP contribution >= 0.6 is 0 Å². The summed E-state index contributed by atoms with van der Waals surface area (Å²) in [6.45, 7) is 17.7. The first-order valence-corrected chi connectivity index (χ1v) is 7.51. The number of nitrogens with one attached hydrogen (secondary N) is 1. The van der Waals surface area contributed by atoms with Crippen molar-refractivity contribution in [2.75, 3.05) is 26.2 Å². The minimum atomic E-state index is -0.0100. The van der Waals surface area contributed by atoms with Crippen LogP contribution in [0.3, 0.4) is 0 Å². The van der Waals surface area contributed by atoms with Gasteiger partial charge in [0.2, 0.25) is 0 Å². The van der Waals surface area contributed by atoms with Gasteiger partial charge in [-0.25, -0.2) is 0 Å². The van der Waals surface area contributed by atoms with E-state index in [1.807, 2.05) is 0 Å². The maximum absolute atomic E-state index is 5.97. The molecule has 3 unspecified atom stereocenters. The molecule has 0 saturated carbocycles. The Morgan fingerprint density at radius 3 is 2.56 bits per heavy atom. The number of rotatable bonds is 6. The number of likely N-dealkylation sites (N-methyl/N-ethyl adjacent to an activating group) is 1. The van der Waals surface area contributed by atoms with Crippen molar-refractivity contribution in [1.82, 2.24) is 10.2 Å². The summed E-state index contributed by atoms with van der Waals surface area (Å²) in [5.74, 6) is 0.728. The van der Waals surface area contributed by atoms with Crippen molar-refractivity contribution < 1.29 is 4.74 Å². The first-order chi connectivity index (χ1) is 8.38. The summed E-state index contributed by atoms with van der Waals surface area (Å²) >= 11 is 0. The Morgan fingerprint density at radius 2 is 2.06 bits per heavy atom. The first kappa shape index (κ1) is 15.9. The van der Waals surface area contributed by atoms with E-state index in [1.165, 1.54) is 6.42 Å². The van der Waals surface area contributed by atoms with Gasteiger partial charge in [0.05, 0.1) is 11.7 Å². The zero-order valence-corrected chi connectivity index (χ0v) is 13.1. The summed E-state index contributed by atoms with van der Waals surface area (Å²) in [6, 6.07) is 0.598. The molecule has 1 aliphatic heterocycles. The Balaban J connectivity index is 2.57. The molecule has 108 valence electrons. The van der Waals surface area contributed by atoms with Gasteiger partial charge in [-0.1, -0.05) is 27.2 Å². The summed E-state index contributed by atoms with van der Waals surface area (Å²) in [5, 5.41) is 3.64. The number of hydrogen-bond donors (Lipinski definition) is 1. The van der Waals surface area contributed by atoms with Gasteiger partial charge in [-0.15, -0.1) is 0 Å². The predicted octanol–water partition coefficient (Wildman–Crippen LogP) is 2.51. The molecule has 1 aliphatic rings. The van der Waals surface area contributed by atoms with E-state index in [2.05, 4.69) is 51.8 Å². The van der Waals surface area contributed by atoms with Gasteiger partial charge in [0.25, 0.3) is 0 Å². The van der Waals surface area contributed by atoms with Crippen LogP contribution in [-0.4, -0.2) is 48.8 Å². The molecule has 3 heteroatoms. The molecule has 18 heavy (non-hydrogen) atoms. The van der Waals surface area contributed by atoms with E-state index in [0.29, 0.717) is 12.1 Å². The lowest BCUT2D eigenvalue weighted by molar-refractivity contribution is -0.130. The average molecular weight is 256 g/mol. The Bertz CT molecular complexity index is 243. The number of hydrogen-bond acceptors (Lipinski definition) is 3. The number of nitrogens with zero attached hydrogens (tertiary/aromatic N) is 1. The molecule has 0 aromatic heterocycles. The van der Waals surface area contributed by atoms with Crippen LogP contribution in [0.15, 0.2) is 0 Å². The van der Waals surface area contributed by atoms with Gasteiger partial charge in [0, 0.05) is 25.7 Å². The van der Waals surface area contributed by atoms with E-state index in [1.54, 1.807) is 0 Å². The van der Waals surface area contributed by atoms with Gasteiger partial charge in [0.1, 0.15) is 0 Å². The third kappa shape index (κ3) is 4.87. The maximum atomic E-state index is 5.97. The van der Waals surface area contributed by atoms with Crippen LogP contribution in [0.1, 0.15) is 48.0 Å². The fourth-order valence-corrected chi connectivity index (χ4v) is 3.00. The SMILES string of the molecule is CCNC(CN1CC(C)OC(C)(C)C1)C(C)CC. The highest BCUT2D eigenvalue weighted by molar-refractivity contribution is 4.86. The second kappa shape index (κ2) is 6.88. The molecule has 3 atom stereocenters. The topological polar surface area (TPSA) is 24.5 Å². The molecule has 0 aromatic rings. The van der Waals surface area contributed by atoms with E-state index in [4.69, 9.17) is 4.74 Å². The molecule has 0 bridgehead atoms. The Kier molecular flexibility index (Phi) is 6.09. The monoisotopic (exact) mass is 256 g/mol. The van der Waals surface area contributed by atoms with Gasteiger partial charge >= 0.3 is 0 Å². The molecule has 0 aromatic carbocycles. The summed E-state index contributed by atoms with van der Waals surface area (Å²) in [7, 11) is 0. The van der Waals surface area contributed by atoms with Crippen molar-refractivity contribution in [2.24, 2.45) is 5.92 Å². The summed E-state index contributed by atoms with van der Waals surface area (Å²) < 4.78 is 5.97. The Labute approximate surface area is 113 Å². The highest BCUT2D eigenvalue weighted by atomic mass is 16.5. The van der Waals surface area contributed by atoms with Crippen LogP contribution < -0.4 is 5.32 Å². The van der Waals surface area contributed by atoms with Crippen LogP contribution in [0.2, 0.25) is 0 Å². The molecule has 0 aliphatic carbocycles. The van der Waals surface area contributed by atoms with Gasteiger partial charge in [-0.05, 0) is 33.2 Å². The van der Waals surface area contributed by atoms with E-state index in [-0.39, 0.29) is 5.60 Å². The zero-order chi connectivity index (χ0) is 13.8. The molecule has 0 amide bonds. The third-order valence-electron chi connectivity index (χ3n) is 3.89. The van der Waals surface area contributed by atoms with E-state index in [9.17, 15) is 0 Å². The van der Waals surface area contributed by atoms with Gasteiger partial charge in [0.15, 0.2) is 0 Å². The lowest BCUT2D eigenvalue weighted by atomic mass is 9.97. The summed E-state index contributed by atoms with van der Waals surface area (Å²) in [4.78, 5) is 2.56. The molecule has 1 rings (SSSR count). The van der Waals surface area contributed by atoms with Crippen LogP contribution in [0.25, 0.3) is 0 Å². The highest BCUT2D eigenvalue weighted by Gasteiger charge is 2.32. The zero-order valence-electron chi connectivity index (χ0n) is 13.1. The van der Waals surface area contributed by atoms with Crippen LogP contribution in [0.5, 0.6) is 0 Å². The maximum Gasteiger partial charge on any atom is 0.0757 e. The number of ether oxygens (including phenoxy) is 1. The molecule has 0 radical (unpaired) electrons. The van der Waals surface area contributed by atoms with Crippen molar-refractivity contribution in [2.45, 2.75) is 65.7 Å². The average Bonchev–Trinajstić information content (AvgIpc) is 2.24. The third-order valence-corrected chi connectivity index (χ3v) is 3.89. The molecule has 1 saturated heterocycles. The quantitative estimate of drug-likeness (QED) is 0.790. The van der Waals surface area contributed by atoms with Crippen molar-refractivity contribution in [3.63, 3.8) is 0 Å². The Hall–Kier alpha value is -0.120. The van der Waals surface area contributed by atoms with Gasteiger partial charge < -0.3 is 10.1 Å². The van der Waals surface area contributed by atoms with Gasteiger partial charge in [-0.2, -0.15) is 0 Å². The molecule has 1 heterocycles. The minimum Gasteiger partial charge on any atom is -0.370 e. The van der Waals surface area contributed by atoms with Crippen LogP contribution in [0, 0.1) is 5.92 Å². The highest BCUT2D eigenvalue weighted by Crippen LogP contribution is 2.21. The summed E-state index contributed by atoms with van der Waals surface area (Å²) in [5.41, 5.74) is -0.0100. The van der Waals surface area contributed by atoms with Crippen molar-refractivity contribution in [3.05, 3.63) is 0 Å². The summed E-state index contributed by atoms with van der Waals surface area (Å²) in [6.07, 6.45) is 1.58. The Morgan fingerprint density at radius 1 is 1.39 bits per heavy atom. The van der Waals surface area contributed by atoms with Crippen molar-refractivity contribution in [1.29, 1.82) is 0 Å². The van der Waals surface area contributed by atoms with E-state index >= 15 is 0 Å². The second-order valence-corrected chi connectivity index (χ2v) is 6.43. The normalized spacial score (nSPS) is 28.0. The fraction of sp³-hybridized carbons (Fsp3) is 1.00.